The molecule has 0 aromatic heterocycles. The molecular formula is C20H25NO3. The smallest absolute Gasteiger partial charge is 0.165 e. The van der Waals surface area contributed by atoms with Gasteiger partial charge in [0.15, 0.2) is 11.5 Å². The summed E-state index contributed by atoms with van der Waals surface area (Å²) in [6, 6.07) is 3.92. The standard InChI is InChI=1S/C20H25NO3/c22-14-4-3-13-9-15-20(23)10-12(7-11-1-2-11)8-16-19(20,5-6-21-15)17(13)18(14)24-16/h3-4,11-12,15-16,21-23H,1-2,5-10H2/t12?,15-,16+,19-,20?/m1/s1. The zero-order valence-corrected chi connectivity index (χ0v) is 13.9. The van der Waals surface area contributed by atoms with Crippen LogP contribution in [0, 0.1) is 11.8 Å². The molecule has 2 heterocycles. The van der Waals surface area contributed by atoms with Crippen LogP contribution in [-0.2, 0) is 11.8 Å². The van der Waals surface area contributed by atoms with E-state index >= 15 is 0 Å². The number of hydrogen-bond donors (Lipinski definition) is 3. The van der Waals surface area contributed by atoms with Gasteiger partial charge in [-0.1, -0.05) is 18.9 Å². The van der Waals surface area contributed by atoms with Gasteiger partial charge in [0.1, 0.15) is 6.10 Å². The number of rotatable bonds is 2. The summed E-state index contributed by atoms with van der Waals surface area (Å²) in [5, 5.41) is 26.0. The number of benzene rings is 1. The van der Waals surface area contributed by atoms with Crippen molar-refractivity contribution in [2.75, 3.05) is 6.54 Å². The molecular weight excluding hydrogens is 302 g/mol. The summed E-state index contributed by atoms with van der Waals surface area (Å²) in [6.45, 7) is 0.925. The van der Waals surface area contributed by atoms with Crippen LogP contribution in [0.2, 0.25) is 0 Å². The first kappa shape index (κ1) is 14.0. The lowest BCUT2D eigenvalue weighted by molar-refractivity contribution is -0.164. The first-order chi connectivity index (χ1) is 11.6. The minimum absolute atomic E-state index is 0.0203. The van der Waals surface area contributed by atoms with E-state index in [0.29, 0.717) is 11.7 Å². The van der Waals surface area contributed by atoms with Gasteiger partial charge in [0.2, 0.25) is 0 Å². The van der Waals surface area contributed by atoms with Gasteiger partial charge in [-0.3, -0.25) is 0 Å². The predicted octanol–water partition coefficient (Wildman–Crippen LogP) is 2.25. The summed E-state index contributed by atoms with van der Waals surface area (Å²) in [4.78, 5) is 0. The van der Waals surface area contributed by atoms with Gasteiger partial charge < -0.3 is 20.3 Å². The van der Waals surface area contributed by atoms with Crippen molar-refractivity contribution in [3.8, 4) is 11.5 Å². The van der Waals surface area contributed by atoms with E-state index in [1.54, 1.807) is 6.07 Å². The second-order valence-electron chi connectivity index (χ2n) is 8.90. The third kappa shape index (κ3) is 1.49. The molecule has 1 saturated heterocycles. The fraction of sp³-hybridized carbons (Fsp3) is 0.700. The molecule has 5 aliphatic rings. The quantitative estimate of drug-likeness (QED) is 0.780. The molecule has 128 valence electrons. The molecule has 1 spiro atoms. The summed E-state index contributed by atoms with van der Waals surface area (Å²) in [5.74, 6) is 2.33. The molecule has 4 heteroatoms. The van der Waals surface area contributed by atoms with Crippen LogP contribution in [0.1, 0.15) is 49.7 Å². The minimum Gasteiger partial charge on any atom is -0.504 e. The molecule has 4 nitrogen and oxygen atoms in total. The third-order valence-electron chi connectivity index (χ3n) is 7.67. The van der Waals surface area contributed by atoms with Crippen LogP contribution < -0.4 is 10.1 Å². The maximum absolute atomic E-state index is 12.0. The average molecular weight is 327 g/mol. The maximum Gasteiger partial charge on any atom is 0.165 e. The van der Waals surface area contributed by atoms with E-state index in [0.717, 1.165) is 43.7 Å². The number of nitrogens with one attached hydrogen (secondary N) is 1. The van der Waals surface area contributed by atoms with Crippen LogP contribution >= 0.6 is 0 Å². The molecule has 2 bridgehead atoms. The second-order valence-corrected chi connectivity index (χ2v) is 8.90. The first-order valence-corrected chi connectivity index (χ1v) is 9.59. The van der Waals surface area contributed by atoms with Crippen molar-refractivity contribution in [1.82, 2.24) is 5.32 Å². The summed E-state index contributed by atoms with van der Waals surface area (Å²) < 4.78 is 6.37. The van der Waals surface area contributed by atoms with Gasteiger partial charge in [-0.2, -0.15) is 0 Å². The van der Waals surface area contributed by atoms with E-state index in [9.17, 15) is 10.2 Å². The van der Waals surface area contributed by atoms with E-state index in [4.69, 9.17) is 4.74 Å². The lowest BCUT2D eigenvalue weighted by atomic mass is 9.48. The van der Waals surface area contributed by atoms with E-state index in [1.807, 2.05) is 6.07 Å². The first-order valence-electron chi connectivity index (χ1n) is 9.59. The molecule has 24 heavy (non-hydrogen) atoms. The molecule has 1 aromatic rings. The molecule has 2 unspecified atom stereocenters. The highest BCUT2D eigenvalue weighted by molar-refractivity contribution is 5.62. The van der Waals surface area contributed by atoms with Crippen molar-refractivity contribution in [1.29, 1.82) is 0 Å². The highest BCUT2D eigenvalue weighted by atomic mass is 16.5. The zero-order valence-electron chi connectivity index (χ0n) is 13.9. The Balaban J connectivity index is 1.54. The highest BCUT2D eigenvalue weighted by Gasteiger charge is 2.71. The van der Waals surface area contributed by atoms with Crippen molar-refractivity contribution in [3.05, 3.63) is 23.3 Å². The second kappa shape index (κ2) is 4.28. The Morgan fingerprint density at radius 3 is 2.96 bits per heavy atom. The molecule has 2 aliphatic heterocycles. The van der Waals surface area contributed by atoms with Crippen LogP contribution in [0.3, 0.4) is 0 Å². The normalized spacial score (nSPS) is 44.8. The van der Waals surface area contributed by atoms with Crippen LogP contribution in [0.5, 0.6) is 11.5 Å². The molecule has 3 N–H and O–H groups in total. The Hall–Kier alpha value is -1.26. The van der Waals surface area contributed by atoms with Crippen molar-refractivity contribution in [2.45, 2.75) is 68.1 Å². The Bertz CT molecular complexity index is 730. The van der Waals surface area contributed by atoms with E-state index < -0.39 is 5.60 Å². The molecule has 3 aliphatic carbocycles. The number of aromatic hydroxyl groups is 1. The van der Waals surface area contributed by atoms with Crippen molar-refractivity contribution in [3.63, 3.8) is 0 Å². The monoisotopic (exact) mass is 327 g/mol. The Morgan fingerprint density at radius 1 is 1.25 bits per heavy atom. The molecule has 0 amide bonds. The zero-order chi connectivity index (χ0) is 16.1. The highest BCUT2D eigenvalue weighted by Crippen LogP contribution is 2.65. The Kier molecular flexibility index (Phi) is 2.49. The SMILES string of the molecule is Oc1ccc2c3c1O[C@H]1CC(CC4CC4)CC4(O)[C@@H](C2)NCC[C@]314. The van der Waals surface area contributed by atoms with Crippen LogP contribution in [-0.4, -0.2) is 34.5 Å². The average Bonchev–Trinajstić information content (AvgIpc) is 3.27. The summed E-state index contributed by atoms with van der Waals surface area (Å²) >= 11 is 0. The Labute approximate surface area is 142 Å². The van der Waals surface area contributed by atoms with E-state index in [2.05, 4.69) is 5.32 Å². The maximum atomic E-state index is 12.0. The minimum atomic E-state index is -0.736. The summed E-state index contributed by atoms with van der Waals surface area (Å²) in [7, 11) is 0. The lowest BCUT2D eigenvalue weighted by Crippen LogP contribution is -2.75. The summed E-state index contributed by atoms with van der Waals surface area (Å²) in [6.07, 6.45) is 7.63. The van der Waals surface area contributed by atoms with Gasteiger partial charge in [0.25, 0.3) is 0 Å². The van der Waals surface area contributed by atoms with Gasteiger partial charge in [-0.25, -0.2) is 0 Å². The largest absolute Gasteiger partial charge is 0.504 e. The van der Waals surface area contributed by atoms with Crippen molar-refractivity contribution < 1.29 is 14.9 Å². The predicted molar refractivity (Wildman–Crippen MR) is 89.3 cm³/mol. The van der Waals surface area contributed by atoms with Crippen LogP contribution in [0.25, 0.3) is 0 Å². The van der Waals surface area contributed by atoms with Gasteiger partial charge in [-0.05, 0) is 62.1 Å². The van der Waals surface area contributed by atoms with E-state index in [1.165, 1.54) is 24.8 Å². The molecule has 5 atom stereocenters. The Morgan fingerprint density at radius 2 is 2.12 bits per heavy atom. The number of aliphatic hydroxyl groups is 1. The number of piperidine rings is 1. The number of ether oxygens (including phenoxy) is 1. The topological polar surface area (TPSA) is 61.7 Å². The fourth-order valence-electron chi connectivity index (χ4n) is 6.58. The van der Waals surface area contributed by atoms with Crippen molar-refractivity contribution in [2.24, 2.45) is 11.8 Å². The number of phenols is 1. The van der Waals surface area contributed by atoms with E-state index in [-0.39, 0.29) is 23.3 Å². The van der Waals surface area contributed by atoms with Crippen LogP contribution in [0.15, 0.2) is 12.1 Å². The number of hydrogen-bond acceptors (Lipinski definition) is 4. The number of phenolic OH excluding ortho intramolecular Hbond substituents is 1. The summed E-state index contributed by atoms with van der Waals surface area (Å²) in [5.41, 5.74) is 1.34. The van der Waals surface area contributed by atoms with Crippen LogP contribution in [0.4, 0.5) is 0 Å². The third-order valence-corrected chi connectivity index (χ3v) is 7.67. The molecule has 0 radical (unpaired) electrons. The van der Waals surface area contributed by atoms with Gasteiger partial charge in [-0.15, -0.1) is 0 Å². The van der Waals surface area contributed by atoms with Gasteiger partial charge in [0.05, 0.1) is 11.0 Å². The molecule has 6 rings (SSSR count). The molecule has 2 saturated carbocycles. The van der Waals surface area contributed by atoms with Crippen molar-refractivity contribution >= 4 is 0 Å². The fourth-order valence-corrected chi connectivity index (χ4v) is 6.58. The lowest BCUT2D eigenvalue weighted by Gasteiger charge is -2.61. The molecule has 3 fully saturated rings. The molecule has 1 aromatic carbocycles. The van der Waals surface area contributed by atoms with Gasteiger partial charge in [0, 0.05) is 11.6 Å². The van der Waals surface area contributed by atoms with Gasteiger partial charge >= 0.3 is 0 Å².